The zero-order valence-corrected chi connectivity index (χ0v) is 12.2. The predicted molar refractivity (Wildman–Crippen MR) is 80.1 cm³/mol. The van der Waals surface area contributed by atoms with Crippen LogP contribution in [0.15, 0.2) is 47.1 Å². The van der Waals surface area contributed by atoms with Gasteiger partial charge < -0.3 is 9.73 Å². The normalized spacial score (nSPS) is 11.0. The number of hydrogen-bond acceptors (Lipinski definition) is 4. The fourth-order valence-electron chi connectivity index (χ4n) is 2.21. The third-order valence-corrected chi connectivity index (χ3v) is 3.41. The van der Waals surface area contributed by atoms with Gasteiger partial charge >= 0.3 is 0 Å². The van der Waals surface area contributed by atoms with E-state index in [1.807, 2.05) is 42.9 Å². The molecule has 0 radical (unpaired) electrons. The summed E-state index contributed by atoms with van der Waals surface area (Å²) < 4.78 is 7.44. The first kappa shape index (κ1) is 13.6. The Bertz CT molecular complexity index is 696. The van der Waals surface area contributed by atoms with E-state index in [2.05, 4.69) is 27.5 Å². The minimum absolute atomic E-state index is 0.613. The highest BCUT2D eigenvalue weighted by molar-refractivity contribution is 5.40. The van der Waals surface area contributed by atoms with Gasteiger partial charge in [0.25, 0.3) is 0 Å². The van der Waals surface area contributed by atoms with Gasteiger partial charge in [-0.3, -0.25) is 0 Å². The first-order chi connectivity index (χ1) is 10.2. The van der Waals surface area contributed by atoms with Crippen LogP contribution >= 0.6 is 0 Å². The SMILES string of the molecule is Cc1nc(CNCc2ccccc2-n2cccn2)oc1C. The van der Waals surface area contributed by atoms with Crippen LogP contribution in [0, 0.1) is 13.8 Å². The topological polar surface area (TPSA) is 55.9 Å². The van der Waals surface area contributed by atoms with E-state index in [4.69, 9.17) is 4.42 Å². The number of aromatic nitrogens is 3. The van der Waals surface area contributed by atoms with Crippen molar-refractivity contribution in [3.8, 4) is 5.69 Å². The van der Waals surface area contributed by atoms with Crippen molar-refractivity contribution >= 4 is 0 Å². The van der Waals surface area contributed by atoms with Crippen LogP contribution in [0.25, 0.3) is 5.69 Å². The van der Waals surface area contributed by atoms with Crippen LogP contribution in [0.1, 0.15) is 22.9 Å². The van der Waals surface area contributed by atoms with Gasteiger partial charge in [0.15, 0.2) is 0 Å². The minimum Gasteiger partial charge on any atom is -0.444 e. The predicted octanol–water partition coefficient (Wildman–Crippen LogP) is 2.77. The molecule has 21 heavy (non-hydrogen) atoms. The number of benzene rings is 1. The number of rotatable bonds is 5. The summed E-state index contributed by atoms with van der Waals surface area (Å²) in [6.07, 6.45) is 3.72. The van der Waals surface area contributed by atoms with Crippen molar-refractivity contribution in [3.63, 3.8) is 0 Å². The van der Waals surface area contributed by atoms with E-state index >= 15 is 0 Å². The average molecular weight is 282 g/mol. The Kier molecular flexibility index (Phi) is 3.83. The van der Waals surface area contributed by atoms with Crippen LogP contribution in [-0.2, 0) is 13.1 Å². The summed E-state index contributed by atoms with van der Waals surface area (Å²) in [5.74, 6) is 1.60. The summed E-state index contributed by atoms with van der Waals surface area (Å²) in [4.78, 5) is 4.37. The second-order valence-corrected chi connectivity index (χ2v) is 4.93. The van der Waals surface area contributed by atoms with Crippen LogP contribution < -0.4 is 5.32 Å². The molecule has 2 heterocycles. The Hall–Kier alpha value is -2.40. The first-order valence-electron chi connectivity index (χ1n) is 6.95. The number of aryl methyl sites for hydroxylation is 2. The van der Waals surface area contributed by atoms with Crippen LogP contribution in [0.3, 0.4) is 0 Å². The molecular formula is C16H18N4O. The molecule has 0 saturated heterocycles. The van der Waals surface area contributed by atoms with Crippen LogP contribution in [0.4, 0.5) is 0 Å². The van der Waals surface area contributed by atoms with Crippen molar-refractivity contribution in [2.24, 2.45) is 0 Å². The highest BCUT2D eigenvalue weighted by atomic mass is 16.4. The van der Waals surface area contributed by atoms with Gasteiger partial charge in [-0.25, -0.2) is 9.67 Å². The molecule has 0 spiro atoms. The zero-order chi connectivity index (χ0) is 14.7. The third-order valence-electron chi connectivity index (χ3n) is 3.41. The fraction of sp³-hybridized carbons (Fsp3) is 0.250. The molecule has 0 aliphatic carbocycles. The second kappa shape index (κ2) is 5.93. The van der Waals surface area contributed by atoms with Crippen molar-refractivity contribution in [3.05, 3.63) is 65.6 Å². The van der Waals surface area contributed by atoms with E-state index in [1.165, 1.54) is 5.56 Å². The van der Waals surface area contributed by atoms with Gasteiger partial charge in [-0.05, 0) is 31.5 Å². The Morgan fingerprint density at radius 1 is 1.14 bits per heavy atom. The van der Waals surface area contributed by atoms with Crippen molar-refractivity contribution in [2.75, 3.05) is 0 Å². The number of nitrogens with zero attached hydrogens (tertiary/aromatic N) is 3. The molecule has 3 rings (SSSR count). The van der Waals surface area contributed by atoms with Crippen molar-refractivity contribution in [1.29, 1.82) is 0 Å². The quantitative estimate of drug-likeness (QED) is 0.782. The maximum atomic E-state index is 5.56. The first-order valence-corrected chi connectivity index (χ1v) is 6.95. The molecule has 0 atom stereocenters. The molecule has 0 bridgehead atoms. The summed E-state index contributed by atoms with van der Waals surface area (Å²) >= 11 is 0. The van der Waals surface area contributed by atoms with E-state index in [0.29, 0.717) is 6.54 Å². The zero-order valence-electron chi connectivity index (χ0n) is 12.2. The van der Waals surface area contributed by atoms with Gasteiger partial charge in [0.2, 0.25) is 5.89 Å². The van der Waals surface area contributed by atoms with Crippen LogP contribution in [0.5, 0.6) is 0 Å². The molecule has 0 unspecified atom stereocenters. The van der Waals surface area contributed by atoms with Crippen molar-refractivity contribution < 1.29 is 4.42 Å². The number of oxazole rings is 1. The molecule has 1 aromatic carbocycles. The molecule has 5 heteroatoms. The van der Waals surface area contributed by atoms with Crippen LogP contribution in [0.2, 0.25) is 0 Å². The molecule has 108 valence electrons. The second-order valence-electron chi connectivity index (χ2n) is 4.93. The number of hydrogen-bond donors (Lipinski definition) is 1. The molecule has 2 aromatic heterocycles. The molecule has 0 aliphatic rings. The summed E-state index contributed by atoms with van der Waals surface area (Å²) in [7, 11) is 0. The highest BCUT2D eigenvalue weighted by Gasteiger charge is 2.07. The Morgan fingerprint density at radius 3 is 2.71 bits per heavy atom. The molecule has 5 nitrogen and oxygen atoms in total. The molecule has 0 saturated carbocycles. The van der Waals surface area contributed by atoms with E-state index in [9.17, 15) is 0 Å². The smallest absolute Gasteiger partial charge is 0.208 e. The minimum atomic E-state index is 0.613. The number of para-hydroxylation sites is 1. The Morgan fingerprint density at radius 2 is 2.00 bits per heavy atom. The van der Waals surface area contributed by atoms with E-state index < -0.39 is 0 Å². The third kappa shape index (κ3) is 3.03. The average Bonchev–Trinajstić information content (AvgIpc) is 3.11. The monoisotopic (exact) mass is 282 g/mol. The maximum Gasteiger partial charge on any atom is 0.208 e. The van der Waals surface area contributed by atoms with E-state index in [-0.39, 0.29) is 0 Å². The molecule has 0 fully saturated rings. The lowest BCUT2D eigenvalue weighted by Crippen LogP contribution is -2.15. The lowest BCUT2D eigenvalue weighted by molar-refractivity contribution is 0.448. The molecule has 1 N–H and O–H groups in total. The van der Waals surface area contributed by atoms with Gasteiger partial charge in [-0.15, -0.1) is 0 Å². The fourth-order valence-corrected chi connectivity index (χ4v) is 2.21. The van der Waals surface area contributed by atoms with Crippen molar-refractivity contribution in [2.45, 2.75) is 26.9 Å². The van der Waals surface area contributed by atoms with Crippen LogP contribution in [-0.4, -0.2) is 14.8 Å². The summed E-state index contributed by atoms with van der Waals surface area (Å²) in [5.41, 5.74) is 3.21. The van der Waals surface area contributed by atoms with Gasteiger partial charge in [0.05, 0.1) is 17.9 Å². The lowest BCUT2D eigenvalue weighted by Gasteiger charge is -2.09. The Balaban J connectivity index is 1.68. The van der Waals surface area contributed by atoms with Crippen molar-refractivity contribution in [1.82, 2.24) is 20.1 Å². The standard InChI is InChI=1S/C16H18N4O/c1-12-13(2)21-16(19-12)11-17-10-14-6-3-4-7-15(14)20-9-5-8-18-20/h3-9,17H,10-11H2,1-2H3. The summed E-state index contributed by atoms with van der Waals surface area (Å²) in [5, 5.41) is 7.65. The Labute approximate surface area is 123 Å². The van der Waals surface area contributed by atoms with E-state index in [0.717, 1.165) is 29.6 Å². The summed E-state index contributed by atoms with van der Waals surface area (Å²) in [6, 6.07) is 10.1. The van der Waals surface area contributed by atoms with E-state index in [1.54, 1.807) is 6.20 Å². The molecular weight excluding hydrogens is 264 g/mol. The van der Waals surface area contributed by atoms with Gasteiger partial charge in [-0.2, -0.15) is 5.10 Å². The highest BCUT2D eigenvalue weighted by Crippen LogP contribution is 2.13. The number of nitrogens with one attached hydrogen (secondary N) is 1. The molecule has 3 aromatic rings. The largest absolute Gasteiger partial charge is 0.444 e. The summed E-state index contributed by atoms with van der Waals surface area (Å²) in [6.45, 7) is 5.23. The molecule has 0 amide bonds. The van der Waals surface area contributed by atoms with Gasteiger partial charge in [0, 0.05) is 18.9 Å². The lowest BCUT2D eigenvalue weighted by atomic mass is 10.2. The maximum absolute atomic E-state index is 5.56. The van der Waals surface area contributed by atoms with Gasteiger partial charge in [0.1, 0.15) is 5.76 Å². The molecule has 0 aliphatic heterocycles. The van der Waals surface area contributed by atoms with Gasteiger partial charge in [-0.1, -0.05) is 18.2 Å².